The molecule has 0 aliphatic carbocycles. The van der Waals surface area contributed by atoms with Gasteiger partial charge in [0.05, 0.1) is 17.2 Å². The van der Waals surface area contributed by atoms with E-state index in [9.17, 15) is 4.79 Å². The summed E-state index contributed by atoms with van der Waals surface area (Å²) in [6.07, 6.45) is 3.45. The maximum Gasteiger partial charge on any atom is 0.316 e. The van der Waals surface area contributed by atoms with E-state index < -0.39 is 0 Å². The molecule has 3 rings (SSSR count). The molecule has 1 amide bonds. The van der Waals surface area contributed by atoms with Gasteiger partial charge >= 0.3 is 11.8 Å². The first-order chi connectivity index (χ1) is 10.2. The number of hydrogen-bond donors (Lipinski definition) is 1. The molecule has 0 radical (unpaired) electrons. The van der Waals surface area contributed by atoms with E-state index in [-0.39, 0.29) is 11.8 Å². The molecule has 108 valence electrons. The van der Waals surface area contributed by atoms with E-state index in [2.05, 4.69) is 36.5 Å². The van der Waals surface area contributed by atoms with Gasteiger partial charge in [-0.25, -0.2) is 0 Å². The SMILES string of the molecule is O=C(NCc1cccs1)c1nc(Cn2cc(Br)cn2)no1. The minimum absolute atomic E-state index is 0.0484. The van der Waals surface area contributed by atoms with E-state index >= 15 is 0 Å². The van der Waals surface area contributed by atoms with Gasteiger partial charge in [-0.2, -0.15) is 10.1 Å². The highest BCUT2D eigenvalue weighted by atomic mass is 79.9. The van der Waals surface area contributed by atoms with E-state index in [0.717, 1.165) is 9.35 Å². The van der Waals surface area contributed by atoms with Crippen molar-refractivity contribution in [3.05, 3.63) is 51.0 Å². The van der Waals surface area contributed by atoms with Gasteiger partial charge < -0.3 is 9.84 Å². The molecule has 0 aromatic carbocycles. The van der Waals surface area contributed by atoms with Crippen LogP contribution >= 0.6 is 27.3 Å². The fraction of sp³-hybridized carbons (Fsp3) is 0.167. The molecule has 1 N–H and O–H groups in total. The smallest absolute Gasteiger partial charge is 0.316 e. The van der Waals surface area contributed by atoms with Gasteiger partial charge in [-0.1, -0.05) is 11.2 Å². The summed E-state index contributed by atoms with van der Waals surface area (Å²) in [5.74, 6) is -0.0385. The topological polar surface area (TPSA) is 85.8 Å². The standard InChI is InChI=1S/C12H10BrN5O2S/c13-8-4-15-18(6-8)7-10-16-12(20-17-10)11(19)14-5-9-2-1-3-21-9/h1-4,6H,5,7H2,(H,14,19). The van der Waals surface area contributed by atoms with Gasteiger partial charge in [-0.15, -0.1) is 11.3 Å². The highest BCUT2D eigenvalue weighted by Crippen LogP contribution is 2.09. The van der Waals surface area contributed by atoms with Gasteiger partial charge in [0.15, 0.2) is 5.82 Å². The van der Waals surface area contributed by atoms with Crippen molar-refractivity contribution >= 4 is 33.2 Å². The minimum atomic E-state index is -0.385. The van der Waals surface area contributed by atoms with Crippen molar-refractivity contribution in [1.29, 1.82) is 0 Å². The van der Waals surface area contributed by atoms with Crippen LogP contribution in [0.25, 0.3) is 0 Å². The van der Waals surface area contributed by atoms with Crippen LogP contribution < -0.4 is 5.32 Å². The molecule has 3 aromatic heterocycles. The van der Waals surface area contributed by atoms with Crippen molar-refractivity contribution in [2.75, 3.05) is 0 Å². The van der Waals surface area contributed by atoms with Crippen LogP contribution in [0.1, 0.15) is 21.4 Å². The van der Waals surface area contributed by atoms with E-state index in [0.29, 0.717) is 18.9 Å². The lowest BCUT2D eigenvalue weighted by Crippen LogP contribution is -2.22. The highest BCUT2D eigenvalue weighted by Gasteiger charge is 2.15. The number of hydrogen-bond acceptors (Lipinski definition) is 6. The van der Waals surface area contributed by atoms with Gasteiger partial charge in [-0.3, -0.25) is 9.48 Å². The number of aromatic nitrogens is 4. The minimum Gasteiger partial charge on any atom is -0.343 e. The van der Waals surface area contributed by atoms with Crippen LogP contribution in [0.5, 0.6) is 0 Å². The van der Waals surface area contributed by atoms with Crippen molar-refractivity contribution in [3.8, 4) is 0 Å². The molecule has 0 saturated heterocycles. The van der Waals surface area contributed by atoms with Crippen molar-refractivity contribution in [2.24, 2.45) is 0 Å². The Morgan fingerprint density at radius 3 is 3.14 bits per heavy atom. The lowest BCUT2D eigenvalue weighted by Gasteiger charge is -1.98. The maximum atomic E-state index is 11.9. The van der Waals surface area contributed by atoms with Crippen molar-refractivity contribution in [2.45, 2.75) is 13.1 Å². The molecule has 0 saturated carbocycles. The van der Waals surface area contributed by atoms with E-state index in [4.69, 9.17) is 4.52 Å². The monoisotopic (exact) mass is 367 g/mol. The van der Waals surface area contributed by atoms with Crippen LogP contribution in [0.4, 0.5) is 0 Å². The molecule has 0 atom stereocenters. The predicted octanol–water partition coefficient (Wildman–Crippen LogP) is 2.07. The molecular weight excluding hydrogens is 358 g/mol. The Bertz CT molecular complexity index is 737. The number of rotatable bonds is 5. The summed E-state index contributed by atoms with van der Waals surface area (Å²) in [6, 6.07) is 3.87. The number of amides is 1. The predicted molar refractivity (Wildman–Crippen MR) is 78.8 cm³/mol. The molecular formula is C12H10BrN5O2S. The molecule has 0 bridgehead atoms. The third kappa shape index (κ3) is 3.56. The summed E-state index contributed by atoms with van der Waals surface area (Å²) in [5, 5.41) is 12.5. The van der Waals surface area contributed by atoms with Crippen molar-refractivity contribution in [1.82, 2.24) is 25.2 Å². The Morgan fingerprint density at radius 2 is 2.43 bits per heavy atom. The number of nitrogens with zero attached hydrogens (tertiary/aromatic N) is 4. The third-order valence-corrected chi connectivity index (χ3v) is 3.86. The molecule has 0 spiro atoms. The van der Waals surface area contributed by atoms with Gasteiger partial charge in [0.1, 0.15) is 6.54 Å². The largest absolute Gasteiger partial charge is 0.343 e. The molecule has 0 fully saturated rings. The molecule has 21 heavy (non-hydrogen) atoms. The summed E-state index contributed by atoms with van der Waals surface area (Å²) in [6.45, 7) is 0.785. The molecule has 3 heterocycles. The Labute approximate surface area is 132 Å². The fourth-order valence-corrected chi connectivity index (χ4v) is 2.61. The first-order valence-corrected chi connectivity index (χ1v) is 7.69. The number of carbonyl (C=O) groups is 1. The molecule has 0 aliphatic rings. The van der Waals surface area contributed by atoms with E-state index in [1.807, 2.05) is 17.5 Å². The second-order valence-electron chi connectivity index (χ2n) is 4.13. The van der Waals surface area contributed by atoms with Gasteiger partial charge in [0, 0.05) is 11.1 Å². The van der Waals surface area contributed by atoms with Crippen molar-refractivity contribution in [3.63, 3.8) is 0 Å². The second kappa shape index (κ2) is 6.19. The lowest BCUT2D eigenvalue weighted by atomic mass is 10.4. The van der Waals surface area contributed by atoms with Gasteiger partial charge in [0.25, 0.3) is 0 Å². The average molecular weight is 368 g/mol. The summed E-state index contributed by atoms with van der Waals surface area (Å²) in [4.78, 5) is 17.0. The summed E-state index contributed by atoms with van der Waals surface area (Å²) in [5.41, 5.74) is 0. The first-order valence-electron chi connectivity index (χ1n) is 6.02. The second-order valence-corrected chi connectivity index (χ2v) is 6.08. The van der Waals surface area contributed by atoms with Crippen molar-refractivity contribution < 1.29 is 9.32 Å². The Morgan fingerprint density at radius 1 is 1.52 bits per heavy atom. The normalized spacial score (nSPS) is 10.7. The maximum absolute atomic E-state index is 11.9. The zero-order chi connectivity index (χ0) is 14.7. The average Bonchev–Trinajstić information content (AvgIpc) is 3.19. The van der Waals surface area contributed by atoms with Crippen LogP contribution in [0, 0.1) is 0 Å². The Balaban J connectivity index is 1.60. The number of carbonyl (C=O) groups excluding carboxylic acids is 1. The number of nitrogens with one attached hydrogen (secondary N) is 1. The van der Waals surface area contributed by atoms with Crippen LogP contribution in [-0.2, 0) is 13.1 Å². The lowest BCUT2D eigenvalue weighted by molar-refractivity contribution is 0.0907. The van der Waals surface area contributed by atoms with Crippen LogP contribution in [0.15, 0.2) is 38.9 Å². The van der Waals surface area contributed by atoms with Crippen LogP contribution in [0.2, 0.25) is 0 Å². The van der Waals surface area contributed by atoms with E-state index in [1.165, 1.54) is 0 Å². The van der Waals surface area contributed by atoms with Crippen LogP contribution in [0.3, 0.4) is 0 Å². The van der Waals surface area contributed by atoms with Gasteiger partial charge in [0.2, 0.25) is 0 Å². The highest BCUT2D eigenvalue weighted by molar-refractivity contribution is 9.10. The number of halogens is 1. The zero-order valence-corrected chi connectivity index (χ0v) is 13.1. The summed E-state index contributed by atoms with van der Waals surface area (Å²) in [7, 11) is 0. The quantitative estimate of drug-likeness (QED) is 0.745. The summed E-state index contributed by atoms with van der Waals surface area (Å²) < 4.78 is 7.45. The third-order valence-electron chi connectivity index (χ3n) is 2.57. The molecule has 3 aromatic rings. The summed E-state index contributed by atoms with van der Waals surface area (Å²) >= 11 is 4.87. The Kier molecular flexibility index (Phi) is 4.11. The molecule has 0 aliphatic heterocycles. The van der Waals surface area contributed by atoms with Crippen LogP contribution in [-0.4, -0.2) is 25.8 Å². The molecule has 0 unspecified atom stereocenters. The Hall–Kier alpha value is -2.00. The first kappa shape index (κ1) is 14.0. The molecule has 7 nitrogen and oxygen atoms in total. The van der Waals surface area contributed by atoms with E-state index in [1.54, 1.807) is 28.4 Å². The number of thiophene rings is 1. The fourth-order valence-electron chi connectivity index (χ4n) is 1.64. The van der Waals surface area contributed by atoms with Gasteiger partial charge in [-0.05, 0) is 27.4 Å². The molecule has 9 heteroatoms. The zero-order valence-electron chi connectivity index (χ0n) is 10.7.